The van der Waals surface area contributed by atoms with Gasteiger partial charge in [-0.25, -0.2) is 4.79 Å². The number of carboxylic acid groups (broad SMARTS) is 1. The number of carbonyl (C=O) groups is 2. The molecule has 11 heteroatoms. The molecule has 1 aliphatic heterocycles. The predicted octanol–water partition coefficient (Wildman–Crippen LogP) is 2.91. The van der Waals surface area contributed by atoms with Gasteiger partial charge in [0.25, 0.3) is 5.91 Å². The first kappa shape index (κ1) is 23.7. The Morgan fingerprint density at radius 1 is 1.34 bits per heavy atom. The molecule has 3 heterocycles. The van der Waals surface area contributed by atoms with Crippen LogP contribution < -0.4 is 0 Å². The van der Waals surface area contributed by atoms with E-state index in [1.165, 1.54) is 12.8 Å². The van der Waals surface area contributed by atoms with E-state index in [1.807, 2.05) is 30.3 Å². The summed E-state index contributed by atoms with van der Waals surface area (Å²) in [6.45, 7) is 2.92. The summed E-state index contributed by atoms with van der Waals surface area (Å²) in [5.41, 5.74) is 1.88. The van der Waals surface area contributed by atoms with Crippen molar-refractivity contribution >= 4 is 11.9 Å². The molecule has 2 atom stereocenters. The first-order valence-corrected chi connectivity index (χ1v) is 10.2. The van der Waals surface area contributed by atoms with E-state index < -0.39 is 12.1 Å². The van der Waals surface area contributed by atoms with Crippen molar-refractivity contribution < 1.29 is 32.6 Å². The number of carbonyl (C=O) groups excluding carboxylic acids is 1. The molecule has 2 aromatic rings. The molecule has 2 fully saturated rings. The lowest BCUT2D eigenvalue weighted by atomic mass is 9.81. The highest BCUT2D eigenvalue weighted by molar-refractivity contribution is 5.94. The predicted molar refractivity (Wildman–Crippen MR) is 106 cm³/mol. The van der Waals surface area contributed by atoms with Crippen LogP contribution in [0, 0.1) is 11.3 Å². The fraction of sp³-hybridized carbons (Fsp3) is 0.524. The number of rotatable bonds is 5. The van der Waals surface area contributed by atoms with Gasteiger partial charge in [-0.05, 0) is 30.4 Å². The second-order valence-electron chi connectivity index (χ2n) is 8.20. The number of aliphatic carboxylic acids is 1. The number of fused-ring (bicyclic) bond motifs is 1. The zero-order valence-electron chi connectivity index (χ0n) is 17.6. The molecule has 0 aromatic carbocycles. The summed E-state index contributed by atoms with van der Waals surface area (Å²) in [5.74, 6) is -2.12. The van der Waals surface area contributed by atoms with E-state index >= 15 is 0 Å². The molecular formula is C21H25F3N4O4. The van der Waals surface area contributed by atoms with Crippen LogP contribution in [0.25, 0.3) is 0 Å². The lowest BCUT2D eigenvalue weighted by molar-refractivity contribution is -0.192. The van der Waals surface area contributed by atoms with Crippen molar-refractivity contribution in [2.75, 3.05) is 19.7 Å². The Balaban J connectivity index is 0.000000360. The number of pyridine rings is 1. The third-order valence-electron chi connectivity index (χ3n) is 5.90. The van der Waals surface area contributed by atoms with Gasteiger partial charge < -0.3 is 14.7 Å². The first-order chi connectivity index (χ1) is 15.1. The minimum absolute atomic E-state index is 0.0918. The molecule has 0 bridgehead atoms. The smallest absolute Gasteiger partial charge is 0.475 e. The standard InChI is InChI=1S/C19H24N4O2.C2HF3O2/c1-22-10-16(9-21-22)18(24)23-11-17-5-2-6-19(17,13-23)14-25-12-15-4-3-7-20-8-15;3-2(4,5)1(6)7/h3-4,7-10,17H,2,5-6,11-14H2,1H3;(H,6,7)/t17-,19+;/m1./s1. The number of nitrogens with zero attached hydrogens (tertiary/aromatic N) is 4. The highest BCUT2D eigenvalue weighted by atomic mass is 19.4. The van der Waals surface area contributed by atoms with Crippen LogP contribution in [0.2, 0.25) is 0 Å². The fourth-order valence-corrected chi connectivity index (χ4v) is 4.37. The molecule has 1 saturated carbocycles. The number of hydrogen-bond donors (Lipinski definition) is 1. The van der Waals surface area contributed by atoms with Crippen molar-refractivity contribution in [2.45, 2.75) is 32.0 Å². The van der Waals surface area contributed by atoms with Gasteiger partial charge in [-0.15, -0.1) is 0 Å². The van der Waals surface area contributed by atoms with E-state index in [2.05, 4.69) is 10.1 Å². The van der Waals surface area contributed by atoms with E-state index in [9.17, 15) is 18.0 Å². The number of aryl methyl sites for hydroxylation is 1. The zero-order chi connectivity index (χ0) is 23.4. The summed E-state index contributed by atoms with van der Waals surface area (Å²) in [4.78, 5) is 27.8. The van der Waals surface area contributed by atoms with Crippen LogP contribution in [0.15, 0.2) is 36.9 Å². The second-order valence-corrected chi connectivity index (χ2v) is 8.20. The van der Waals surface area contributed by atoms with Gasteiger partial charge in [-0.3, -0.25) is 14.5 Å². The van der Waals surface area contributed by atoms with Crippen molar-refractivity contribution in [3.63, 3.8) is 0 Å². The van der Waals surface area contributed by atoms with Crippen LogP contribution in [-0.4, -0.2) is 62.5 Å². The Morgan fingerprint density at radius 3 is 2.69 bits per heavy atom. The molecular weight excluding hydrogens is 429 g/mol. The van der Waals surface area contributed by atoms with Gasteiger partial charge in [0.1, 0.15) is 0 Å². The summed E-state index contributed by atoms with van der Waals surface area (Å²) in [6, 6.07) is 3.96. The zero-order valence-corrected chi connectivity index (χ0v) is 17.6. The summed E-state index contributed by atoms with van der Waals surface area (Å²) >= 11 is 0. The van der Waals surface area contributed by atoms with Crippen LogP contribution in [0.1, 0.15) is 35.2 Å². The average molecular weight is 454 g/mol. The topological polar surface area (TPSA) is 97.5 Å². The van der Waals surface area contributed by atoms with E-state index in [-0.39, 0.29) is 11.3 Å². The largest absolute Gasteiger partial charge is 0.490 e. The summed E-state index contributed by atoms with van der Waals surface area (Å²) < 4.78 is 39.5. The van der Waals surface area contributed by atoms with Crippen LogP contribution in [-0.2, 0) is 23.2 Å². The number of carboxylic acids is 1. The number of aromatic nitrogens is 3. The van der Waals surface area contributed by atoms with Gasteiger partial charge in [-0.2, -0.15) is 18.3 Å². The second kappa shape index (κ2) is 9.68. The third-order valence-corrected chi connectivity index (χ3v) is 5.90. The van der Waals surface area contributed by atoms with Gasteiger partial charge in [0.2, 0.25) is 0 Å². The van der Waals surface area contributed by atoms with E-state index in [0.29, 0.717) is 24.7 Å². The maximum Gasteiger partial charge on any atom is 0.490 e. The lowest BCUT2D eigenvalue weighted by Crippen LogP contribution is -2.34. The van der Waals surface area contributed by atoms with Gasteiger partial charge in [0.05, 0.1) is 25.0 Å². The van der Waals surface area contributed by atoms with Crippen LogP contribution in [0.3, 0.4) is 0 Å². The number of hydrogen-bond acceptors (Lipinski definition) is 5. The normalized spacial score (nSPS) is 22.2. The number of halogens is 3. The molecule has 4 rings (SSSR count). The van der Waals surface area contributed by atoms with E-state index in [1.54, 1.807) is 23.3 Å². The van der Waals surface area contributed by atoms with Gasteiger partial charge in [0.15, 0.2) is 0 Å². The molecule has 32 heavy (non-hydrogen) atoms. The quantitative estimate of drug-likeness (QED) is 0.746. The van der Waals surface area contributed by atoms with Crippen LogP contribution in [0.4, 0.5) is 13.2 Å². The Labute approximate surface area is 183 Å². The number of likely N-dealkylation sites (tertiary alicyclic amines) is 1. The van der Waals surface area contributed by atoms with Crippen molar-refractivity contribution in [2.24, 2.45) is 18.4 Å². The van der Waals surface area contributed by atoms with Crippen molar-refractivity contribution in [3.8, 4) is 0 Å². The van der Waals surface area contributed by atoms with Gasteiger partial charge >= 0.3 is 12.1 Å². The molecule has 2 aliphatic rings. The summed E-state index contributed by atoms with van der Waals surface area (Å²) in [6.07, 6.45) is 5.54. The molecule has 0 radical (unpaired) electrons. The molecule has 174 valence electrons. The fourth-order valence-electron chi connectivity index (χ4n) is 4.37. The summed E-state index contributed by atoms with van der Waals surface area (Å²) in [5, 5.41) is 11.2. The van der Waals surface area contributed by atoms with Crippen molar-refractivity contribution in [3.05, 3.63) is 48.0 Å². The molecule has 1 N–H and O–H groups in total. The van der Waals surface area contributed by atoms with Crippen LogP contribution >= 0.6 is 0 Å². The SMILES string of the molecule is Cn1cc(C(=O)N2C[C@H]3CCC[C@@]3(COCc3cccnc3)C2)cn1.O=C(O)C(F)(F)F. The van der Waals surface area contributed by atoms with Crippen molar-refractivity contribution in [1.29, 1.82) is 0 Å². The Bertz CT molecular complexity index is 935. The Kier molecular flexibility index (Phi) is 7.17. The van der Waals surface area contributed by atoms with E-state index in [4.69, 9.17) is 14.6 Å². The molecule has 1 aliphatic carbocycles. The van der Waals surface area contributed by atoms with Crippen LogP contribution in [0.5, 0.6) is 0 Å². The van der Waals surface area contributed by atoms with Gasteiger partial charge in [-0.1, -0.05) is 12.5 Å². The number of ether oxygens (including phenoxy) is 1. The maximum atomic E-state index is 12.8. The minimum Gasteiger partial charge on any atom is -0.475 e. The molecule has 1 saturated heterocycles. The molecule has 0 unspecified atom stereocenters. The average Bonchev–Trinajstić information content (AvgIpc) is 3.42. The van der Waals surface area contributed by atoms with Gasteiger partial charge in [0, 0.05) is 44.1 Å². The number of alkyl halides is 3. The number of amides is 1. The van der Waals surface area contributed by atoms with Crippen molar-refractivity contribution in [1.82, 2.24) is 19.7 Å². The molecule has 0 spiro atoms. The third kappa shape index (κ3) is 5.64. The Morgan fingerprint density at radius 2 is 2.09 bits per heavy atom. The monoisotopic (exact) mass is 454 g/mol. The lowest BCUT2D eigenvalue weighted by Gasteiger charge is -2.28. The summed E-state index contributed by atoms with van der Waals surface area (Å²) in [7, 11) is 1.84. The highest BCUT2D eigenvalue weighted by Gasteiger charge is 2.50. The van der Waals surface area contributed by atoms with E-state index in [0.717, 1.165) is 25.1 Å². The molecule has 8 nitrogen and oxygen atoms in total. The first-order valence-electron chi connectivity index (χ1n) is 10.2. The molecule has 2 aromatic heterocycles. The highest BCUT2D eigenvalue weighted by Crippen LogP contribution is 2.49. The maximum absolute atomic E-state index is 12.8. The molecule has 1 amide bonds. The minimum atomic E-state index is -5.08. The Hall–Kier alpha value is -2.95.